The number of piperidine rings is 1. The summed E-state index contributed by atoms with van der Waals surface area (Å²) >= 11 is 12.1. The quantitative estimate of drug-likeness (QED) is 0.671. The van der Waals surface area contributed by atoms with Crippen LogP contribution in [0, 0.1) is 5.92 Å². The molecular formula is C24H28Cl2N2O. The molecule has 1 fully saturated rings. The van der Waals surface area contributed by atoms with Crippen molar-refractivity contribution in [3.63, 3.8) is 0 Å². The molecule has 154 valence electrons. The van der Waals surface area contributed by atoms with Crippen molar-refractivity contribution in [2.75, 3.05) is 13.1 Å². The zero-order valence-electron chi connectivity index (χ0n) is 16.9. The number of benzene rings is 2. The molecule has 0 bridgehead atoms. The van der Waals surface area contributed by atoms with Gasteiger partial charge in [0.1, 0.15) is 0 Å². The molecule has 1 heterocycles. The van der Waals surface area contributed by atoms with Gasteiger partial charge in [-0.05, 0) is 86.5 Å². The average molecular weight is 431 g/mol. The summed E-state index contributed by atoms with van der Waals surface area (Å²) in [7, 11) is 0. The van der Waals surface area contributed by atoms with Crippen LogP contribution in [0.4, 0.5) is 0 Å². The zero-order valence-corrected chi connectivity index (χ0v) is 18.4. The Bertz CT molecular complexity index is 890. The summed E-state index contributed by atoms with van der Waals surface area (Å²) in [5.74, 6) is 0.282. The number of nitrogens with one attached hydrogen (secondary N) is 1. The summed E-state index contributed by atoms with van der Waals surface area (Å²) in [5.41, 5.74) is 5.31. The van der Waals surface area contributed by atoms with Crippen LogP contribution in [0.2, 0.25) is 10.0 Å². The van der Waals surface area contributed by atoms with Crippen LogP contribution < -0.4 is 5.32 Å². The van der Waals surface area contributed by atoms with Crippen LogP contribution in [0.3, 0.4) is 0 Å². The monoisotopic (exact) mass is 430 g/mol. The fraction of sp³-hybridized carbons (Fsp3) is 0.458. The Kier molecular flexibility index (Phi) is 6.48. The first-order chi connectivity index (χ1) is 14.0. The van der Waals surface area contributed by atoms with Crippen molar-refractivity contribution in [3.8, 4) is 0 Å². The molecule has 0 radical (unpaired) electrons. The van der Waals surface area contributed by atoms with Crippen LogP contribution in [0.25, 0.3) is 0 Å². The third-order valence-electron chi connectivity index (χ3n) is 6.33. The van der Waals surface area contributed by atoms with Gasteiger partial charge in [-0.15, -0.1) is 0 Å². The molecule has 2 aromatic rings. The largest absolute Gasteiger partial charge is 0.349 e. The summed E-state index contributed by atoms with van der Waals surface area (Å²) < 4.78 is 0. The van der Waals surface area contributed by atoms with Crippen molar-refractivity contribution in [1.29, 1.82) is 0 Å². The van der Waals surface area contributed by atoms with Crippen molar-refractivity contribution in [1.82, 2.24) is 10.2 Å². The second kappa shape index (κ2) is 9.07. The summed E-state index contributed by atoms with van der Waals surface area (Å²) in [4.78, 5) is 15.2. The van der Waals surface area contributed by atoms with E-state index in [2.05, 4.69) is 35.3 Å². The first kappa shape index (κ1) is 20.7. The molecule has 0 saturated carbocycles. The molecule has 4 rings (SSSR count). The molecule has 1 aliphatic heterocycles. The number of fused-ring (bicyclic) bond motifs is 1. The molecule has 1 atom stereocenters. The van der Waals surface area contributed by atoms with Crippen molar-refractivity contribution >= 4 is 29.1 Å². The standard InChI is InChI=1S/C24H28Cl2N2O/c1-16(20-7-6-18-3-2-4-21(18)14-20)27-24(29)19-9-11-28(12-10-19)15-17-5-8-22(25)23(26)13-17/h5-8,13-14,16,19H,2-4,9-12,15H2,1H3,(H,27,29)/t16-/m1/s1. The number of carbonyl (C=O) groups is 1. The molecule has 2 aromatic carbocycles. The van der Waals surface area contributed by atoms with Gasteiger partial charge in [0.05, 0.1) is 16.1 Å². The lowest BCUT2D eigenvalue weighted by Gasteiger charge is -2.32. The molecule has 1 N–H and O–H groups in total. The highest BCUT2D eigenvalue weighted by Crippen LogP contribution is 2.27. The molecule has 2 aliphatic rings. The number of amides is 1. The molecule has 5 heteroatoms. The fourth-order valence-electron chi connectivity index (χ4n) is 4.53. The van der Waals surface area contributed by atoms with Crippen LogP contribution in [-0.2, 0) is 24.2 Å². The average Bonchev–Trinajstić information content (AvgIpc) is 3.19. The van der Waals surface area contributed by atoms with Crippen molar-refractivity contribution in [2.45, 2.75) is 51.6 Å². The number of carbonyl (C=O) groups excluding carboxylic acids is 1. The minimum absolute atomic E-state index is 0.0580. The number of aryl methyl sites for hydroxylation is 2. The SMILES string of the molecule is C[C@@H](NC(=O)C1CCN(Cc2ccc(Cl)c(Cl)c2)CC1)c1ccc2c(c1)CCC2. The minimum atomic E-state index is 0.0580. The molecule has 0 aromatic heterocycles. The first-order valence-electron chi connectivity index (χ1n) is 10.6. The van der Waals surface area contributed by atoms with Gasteiger partial charge < -0.3 is 5.32 Å². The molecule has 1 aliphatic carbocycles. The van der Waals surface area contributed by atoms with Gasteiger partial charge in [-0.2, -0.15) is 0 Å². The van der Waals surface area contributed by atoms with Crippen molar-refractivity contribution < 1.29 is 4.79 Å². The maximum atomic E-state index is 12.8. The van der Waals surface area contributed by atoms with Gasteiger partial charge in [-0.25, -0.2) is 0 Å². The molecule has 1 saturated heterocycles. The highest BCUT2D eigenvalue weighted by molar-refractivity contribution is 6.42. The molecule has 3 nitrogen and oxygen atoms in total. The number of nitrogens with zero attached hydrogens (tertiary/aromatic N) is 1. The number of hydrogen-bond acceptors (Lipinski definition) is 2. The van der Waals surface area contributed by atoms with Crippen LogP contribution in [-0.4, -0.2) is 23.9 Å². The summed E-state index contributed by atoms with van der Waals surface area (Å²) in [5, 5.41) is 4.43. The Morgan fingerprint density at radius 2 is 1.83 bits per heavy atom. The second-order valence-electron chi connectivity index (χ2n) is 8.41. The normalized spacial score (nSPS) is 18.4. The Morgan fingerprint density at radius 1 is 1.07 bits per heavy atom. The van der Waals surface area contributed by atoms with E-state index in [0.717, 1.165) is 38.0 Å². The summed E-state index contributed by atoms with van der Waals surface area (Å²) in [6.07, 6.45) is 5.40. The van der Waals surface area contributed by atoms with E-state index in [1.807, 2.05) is 18.2 Å². The third-order valence-corrected chi connectivity index (χ3v) is 7.07. The molecule has 29 heavy (non-hydrogen) atoms. The van der Waals surface area contributed by atoms with E-state index < -0.39 is 0 Å². The number of likely N-dealkylation sites (tertiary alicyclic amines) is 1. The van der Waals surface area contributed by atoms with Crippen LogP contribution in [0.5, 0.6) is 0 Å². The van der Waals surface area contributed by atoms with Gasteiger partial charge in [-0.1, -0.05) is 47.5 Å². The molecule has 0 spiro atoms. The Hall–Kier alpha value is -1.55. The van der Waals surface area contributed by atoms with E-state index in [-0.39, 0.29) is 17.9 Å². The van der Waals surface area contributed by atoms with Gasteiger partial charge in [-0.3, -0.25) is 9.69 Å². The van der Waals surface area contributed by atoms with E-state index in [9.17, 15) is 4.79 Å². The van der Waals surface area contributed by atoms with Gasteiger partial charge in [0, 0.05) is 12.5 Å². The highest BCUT2D eigenvalue weighted by Gasteiger charge is 2.26. The van der Waals surface area contributed by atoms with Crippen LogP contribution >= 0.6 is 23.2 Å². The van der Waals surface area contributed by atoms with Crippen LogP contribution in [0.1, 0.15) is 54.5 Å². The predicted octanol–water partition coefficient (Wildman–Crippen LogP) is 5.57. The van der Waals surface area contributed by atoms with Crippen molar-refractivity contribution in [2.24, 2.45) is 5.92 Å². The Balaban J connectivity index is 1.28. The second-order valence-corrected chi connectivity index (χ2v) is 9.23. The first-order valence-corrected chi connectivity index (χ1v) is 11.3. The summed E-state index contributed by atoms with van der Waals surface area (Å²) in [6, 6.07) is 12.6. The van der Waals surface area contributed by atoms with Gasteiger partial charge in [0.25, 0.3) is 0 Å². The number of rotatable bonds is 5. The van der Waals surface area contributed by atoms with Gasteiger partial charge >= 0.3 is 0 Å². The molecule has 1 amide bonds. The number of halogens is 2. The fourth-order valence-corrected chi connectivity index (χ4v) is 4.85. The Morgan fingerprint density at radius 3 is 2.59 bits per heavy atom. The maximum absolute atomic E-state index is 12.8. The van der Waals surface area contributed by atoms with E-state index in [1.54, 1.807) is 0 Å². The topological polar surface area (TPSA) is 32.3 Å². The minimum Gasteiger partial charge on any atom is -0.349 e. The van der Waals surface area contributed by atoms with Crippen molar-refractivity contribution in [3.05, 3.63) is 68.7 Å². The maximum Gasteiger partial charge on any atom is 0.223 e. The van der Waals surface area contributed by atoms with E-state index in [0.29, 0.717) is 10.0 Å². The van der Waals surface area contributed by atoms with E-state index >= 15 is 0 Å². The lowest BCUT2D eigenvalue weighted by atomic mass is 9.94. The number of hydrogen-bond donors (Lipinski definition) is 1. The lowest BCUT2D eigenvalue weighted by Crippen LogP contribution is -2.40. The lowest BCUT2D eigenvalue weighted by molar-refractivity contribution is -0.127. The zero-order chi connectivity index (χ0) is 20.4. The van der Waals surface area contributed by atoms with Gasteiger partial charge in [0.2, 0.25) is 5.91 Å². The molecule has 0 unspecified atom stereocenters. The van der Waals surface area contributed by atoms with Gasteiger partial charge in [0.15, 0.2) is 0 Å². The van der Waals surface area contributed by atoms with E-state index in [4.69, 9.17) is 23.2 Å². The molecular weight excluding hydrogens is 403 g/mol. The van der Waals surface area contributed by atoms with Crippen LogP contribution in [0.15, 0.2) is 36.4 Å². The summed E-state index contributed by atoms with van der Waals surface area (Å²) in [6.45, 7) is 4.78. The predicted molar refractivity (Wildman–Crippen MR) is 119 cm³/mol. The smallest absolute Gasteiger partial charge is 0.223 e. The third kappa shape index (κ3) is 4.96. The Labute approximate surface area is 183 Å². The van der Waals surface area contributed by atoms with E-state index in [1.165, 1.54) is 36.0 Å². The highest BCUT2D eigenvalue weighted by atomic mass is 35.5.